The van der Waals surface area contributed by atoms with Gasteiger partial charge in [-0.05, 0) is 18.9 Å². The van der Waals surface area contributed by atoms with Gasteiger partial charge in [0.05, 0.1) is 10.6 Å². The van der Waals surface area contributed by atoms with Crippen molar-refractivity contribution in [2.45, 2.75) is 44.2 Å². The second kappa shape index (κ2) is 6.16. The molecule has 18 heavy (non-hydrogen) atoms. The van der Waals surface area contributed by atoms with E-state index in [0.29, 0.717) is 10.6 Å². The summed E-state index contributed by atoms with van der Waals surface area (Å²) >= 11 is 5.95. The lowest BCUT2D eigenvalue weighted by Gasteiger charge is -2.22. The van der Waals surface area contributed by atoms with Crippen molar-refractivity contribution in [3.8, 4) is 0 Å². The monoisotopic (exact) mass is 267 g/mol. The van der Waals surface area contributed by atoms with E-state index in [2.05, 4.69) is 10.3 Å². The highest BCUT2D eigenvalue weighted by Crippen LogP contribution is 2.18. The summed E-state index contributed by atoms with van der Waals surface area (Å²) in [5, 5.41) is 3.36. The molecule has 1 aliphatic carbocycles. The van der Waals surface area contributed by atoms with E-state index < -0.39 is 0 Å². The molecule has 1 fully saturated rings. The second-order valence-electron chi connectivity index (χ2n) is 4.74. The third kappa shape index (κ3) is 3.21. The molecule has 0 spiro atoms. The summed E-state index contributed by atoms with van der Waals surface area (Å²) in [6.07, 6.45) is 8.39. The lowest BCUT2D eigenvalue weighted by Crippen LogP contribution is -2.47. The highest BCUT2D eigenvalue weighted by atomic mass is 35.5. The zero-order chi connectivity index (χ0) is 13.0. The summed E-state index contributed by atoms with van der Waals surface area (Å²) < 4.78 is 0. The summed E-state index contributed by atoms with van der Waals surface area (Å²) in [6.45, 7) is 0. The summed E-state index contributed by atoms with van der Waals surface area (Å²) in [5.74, 6) is -0.162. The summed E-state index contributed by atoms with van der Waals surface area (Å²) in [5.41, 5.74) is 6.54. The number of carbonyl (C=O) groups is 1. The molecule has 4 nitrogen and oxygen atoms in total. The minimum Gasteiger partial charge on any atom is -0.348 e. The van der Waals surface area contributed by atoms with Gasteiger partial charge in [-0.1, -0.05) is 30.9 Å². The Morgan fingerprint density at radius 1 is 1.39 bits per heavy atom. The van der Waals surface area contributed by atoms with Gasteiger partial charge in [0.25, 0.3) is 5.91 Å². The number of rotatable bonds is 2. The van der Waals surface area contributed by atoms with Crippen LogP contribution in [-0.2, 0) is 0 Å². The van der Waals surface area contributed by atoms with E-state index in [1.165, 1.54) is 12.6 Å². The average Bonchev–Trinajstić information content (AvgIpc) is 2.55. The van der Waals surface area contributed by atoms with E-state index in [-0.39, 0.29) is 18.0 Å². The number of hydrogen-bond donors (Lipinski definition) is 2. The Morgan fingerprint density at radius 2 is 2.17 bits per heavy atom. The number of nitrogens with two attached hydrogens (primary N) is 1. The van der Waals surface area contributed by atoms with Gasteiger partial charge >= 0.3 is 0 Å². The quantitative estimate of drug-likeness (QED) is 0.807. The fourth-order valence-electron chi connectivity index (χ4n) is 2.32. The van der Waals surface area contributed by atoms with Crippen LogP contribution in [0.25, 0.3) is 0 Å². The van der Waals surface area contributed by atoms with Crippen LogP contribution in [0.4, 0.5) is 0 Å². The predicted octanol–water partition coefficient (Wildman–Crippen LogP) is 2.12. The molecule has 1 amide bonds. The third-order valence-electron chi connectivity index (χ3n) is 3.40. The number of amides is 1. The number of hydrogen-bond acceptors (Lipinski definition) is 3. The first-order valence-electron chi connectivity index (χ1n) is 6.34. The minimum atomic E-state index is -0.162. The molecule has 3 N–H and O–H groups in total. The van der Waals surface area contributed by atoms with Crippen LogP contribution < -0.4 is 11.1 Å². The van der Waals surface area contributed by atoms with Crippen LogP contribution in [0.3, 0.4) is 0 Å². The van der Waals surface area contributed by atoms with Gasteiger partial charge in [0.15, 0.2) is 0 Å². The molecule has 1 aliphatic rings. The Hall–Kier alpha value is -1.13. The van der Waals surface area contributed by atoms with Gasteiger partial charge in [-0.2, -0.15) is 0 Å². The van der Waals surface area contributed by atoms with Crippen LogP contribution in [0.15, 0.2) is 18.5 Å². The first kappa shape index (κ1) is 13.3. The molecule has 2 atom stereocenters. The highest BCUT2D eigenvalue weighted by molar-refractivity contribution is 6.33. The average molecular weight is 268 g/mol. The van der Waals surface area contributed by atoms with Crippen molar-refractivity contribution in [2.24, 2.45) is 5.73 Å². The summed E-state index contributed by atoms with van der Waals surface area (Å²) in [7, 11) is 0. The largest absolute Gasteiger partial charge is 0.348 e. The minimum absolute atomic E-state index is 0.0389. The molecule has 1 heterocycles. The first-order valence-corrected chi connectivity index (χ1v) is 6.72. The molecule has 0 radical (unpaired) electrons. The molecule has 2 unspecified atom stereocenters. The Bertz CT molecular complexity index is 424. The lowest BCUT2D eigenvalue weighted by atomic mass is 10.0. The van der Waals surface area contributed by atoms with E-state index in [1.807, 2.05) is 0 Å². The van der Waals surface area contributed by atoms with Crippen LogP contribution >= 0.6 is 11.6 Å². The van der Waals surface area contributed by atoms with E-state index in [1.54, 1.807) is 12.3 Å². The summed E-state index contributed by atoms with van der Waals surface area (Å²) in [4.78, 5) is 16.0. The number of pyridine rings is 1. The van der Waals surface area contributed by atoms with E-state index in [0.717, 1.165) is 25.7 Å². The second-order valence-corrected chi connectivity index (χ2v) is 5.14. The first-order chi connectivity index (χ1) is 8.68. The van der Waals surface area contributed by atoms with Gasteiger partial charge in [0.2, 0.25) is 0 Å². The van der Waals surface area contributed by atoms with Gasteiger partial charge in [-0.25, -0.2) is 0 Å². The molecule has 2 rings (SSSR count). The fourth-order valence-corrected chi connectivity index (χ4v) is 2.53. The van der Waals surface area contributed by atoms with Crippen LogP contribution in [-0.4, -0.2) is 23.0 Å². The van der Waals surface area contributed by atoms with Crippen molar-refractivity contribution in [3.63, 3.8) is 0 Å². The third-order valence-corrected chi connectivity index (χ3v) is 3.70. The SMILES string of the molecule is NC1CCCCCC1NC(=O)c1ccncc1Cl. The molecule has 1 aromatic heterocycles. The molecule has 98 valence electrons. The van der Waals surface area contributed by atoms with Crippen LogP contribution in [0, 0.1) is 0 Å². The van der Waals surface area contributed by atoms with E-state index >= 15 is 0 Å². The molecule has 0 saturated heterocycles. The Kier molecular flexibility index (Phi) is 4.55. The topological polar surface area (TPSA) is 68.0 Å². The molecule has 0 aromatic carbocycles. The zero-order valence-electron chi connectivity index (χ0n) is 10.2. The molecule has 0 bridgehead atoms. The highest BCUT2D eigenvalue weighted by Gasteiger charge is 2.23. The van der Waals surface area contributed by atoms with Gasteiger partial charge in [0, 0.05) is 24.5 Å². The van der Waals surface area contributed by atoms with Gasteiger partial charge < -0.3 is 11.1 Å². The van der Waals surface area contributed by atoms with E-state index in [4.69, 9.17) is 17.3 Å². The van der Waals surface area contributed by atoms with E-state index in [9.17, 15) is 4.79 Å². The molecule has 5 heteroatoms. The number of carbonyl (C=O) groups excluding carboxylic acids is 1. The van der Waals surface area contributed by atoms with Gasteiger partial charge in [-0.3, -0.25) is 9.78 Å². The Morgan fingerprint density at radius 3 is 2.94 bits per heavy atom. The maximum absolute atomic E-state index is 12.1. The molecule has 1 aromatic rings. The van der Waals surface area contributed by atoms with Crippen molar-refractivity contribution in [1.82, 2.24) is 10.3 Å². The van der Waals surface area contributed by atoms with Crippen molar-refractivity contribution in [2.75, 3.05) is 0 Å². The van der Waals surface area contributed by atoms with Gasteiger partial charge in [0.1, 0.15) is 0 Å². The van der Waals surface area contributed by atoms with Crippen LogP contribution in [0.5, 0.6) is 0 Å². The number of nitrogens with one attached hydrogen (secondary N) is 1. The van der Waals surface area contributed by atoms with Crippen molar-refractivity contribution >= 4 is 17.5 Å². The Labute approximate surface area is 112 Å². The smallest absolute Gasteiger partial charge is 0.253 e. The maximum Gasteiger partial charge on any atom is 0.253 e. The molecule has 0 aliphatic heterocycles. The maximum atomic E-state index is 12.1. The van der Waals surface area contributed by atoms with Crippen molar-refractivity contribution < 1.29 is 4.79 Å². The van der Waals surface area contributed by atoms with Crippen LogP contribution in [0.2, 0.25) is 5.02 Å². The van der Waals surface area contributed by atoms with Crippen molar-refractivity contribution in [3.05, 3.63) is 29.0 Å². The predicted molar refractivity (Wildman–Crippen MR) is 71.6 cm³/mol. The summed E-state index contributed by atoms with van der Waals surface area (Å²) in [6, 6.07) is 1.71. The van der Waals surface area contributed by atoms with Crippen LogP contribution in [0.1, 0.15) is 42.5 Å². The normalized spacial score (nSPS) is 24.3. The van der Waals surface area contributed by atoms with Gasteiger partial charge in [-0.15, -0.1) is 0 Å². The number of nitrogens with zero attached hydrogens (tertiary/aromatic N) is 1. The lowest BCUT2D eigenvalue weighted by molar-refractivity contribution is 0.0929. The molecular formula is C13H18ClN3O. The molecular weight excluding hydrogens is 250 g/mol. The number of aromatic nitrogens is 1. The standard InChI is InChI=1S/C13H18ClN3O/c14-10-8-16-7-6-9(10)13(18)17-12-5-3-1-2-4-11(12)15/h6-8,11-12H,1-5,15H2,(H,17,18). The number of halogens is 1. The Balaban J connectivity index is 2.04. The zero-order valence-corrected chi connectivity index (χ0v) is 11.0. The molecule has 1 saturated carbocycles. The van der Waals surface area contributed by atoms with Crippen molar-refractivity contribution in [1.29, 1.82) is 0 Å². The fraction of sp³-hybridized carbons (Fsp3) is 0.538.